The van der Waals surface area contributed by atoms with Crippen LogP contribution in [0.4, 0.5) is 5.69 Å². The van der Waals surface area contributed by atoms with Crippen molar-refractivity contribution in [2.24, 2.45) is 5.10 Å². The SMILES string of the molecule is CC1=NN(c2ccccc2)C(=O)C1=Cc1cc(C)n(-n2c(C)nc3ccccc3c2=O)c1C. The number of hydrogen-bond acceptors (Lipinski definition) is 4. The molecule has 1 amide bonds. The molecule has 0 saturated carbocycles. The highest BCUT2D eigenvalue weighted by Crippen LogP contribution is 2.26. The summed E-state index contributed by atoms with van der Waals surface area (Å²) < 4.78 is 3.44. The van der Waals surface area contributed by atoms with Crippen molar-refractivity contribution >= 4 is 34.3 Å². The molecule has 2 aromatic carbocycles. The molecule has 1 aliphatic rings. The largest absolute Gasteiger partial charge is 0.280 e. The van der Waals surface area contributed by atoms with Gasteiger partial charge in [0.15, 0.2) is 0 Å². The number of aryl methyl sites for hydroxylation is 2. The van der Waals surface area contributed by atoms with Crippen molar-refractivity contribution < 1.29 is 4.79 Å². The lowest BCUT2D eigenvalue weighted by atomic mass is 10.1. The van der Waals surface area contributed by atoms with E-state index in [0.29, 0.717) is 28.0 Å². The zero-order chi connectivity index (χ0) is 23.3. The number of hydrogen-bond donors (Lipinski definition) is 0. The maximum Gasteiger partial charge on any atom is 0.280 e. The fourth-order valence-corrected chi connectivity index (χ4v) is 4.29. The van der Waals surface area contributed by atoms with Crippen LogP contribution in [0.3, 0.4) is 0 Å². The van der Waals surface area contributed by atoms with Crippen LogP contribution in [-0.2, 0) is 4.79 Å². The number of para-hydroxylation sites is 2. The van der Waals surface area contributed by atoms with E-state index in [9.17, 15) is 9.59 Å². The van der Waals surface area contributed by atoms with Crippen molar-refractivity contribution in [3.8, 4) is 0 Å². The Balaban J connectivity index is 1.61. The molecule has 5 rings (SSSR count). The first-order valence-electron chi connectivity index (χ1n) is 10.7. The summed E-state index contributed by atoms with van der Waals surface area (Å²) in [6, 6.07) is 18.7. The van der Waals surface area contributed by atoms with Crippen LogP contribution in [0.2, 0.25) is 0 Å². The third-order valence-corrected chi connectivity index (χ3v) is 5.91. The molecule has 0 spiro atoms. The Labute approximate surface area is 190 Å². The summed E-state index contributed by atoms with van der Waals surface area (Å²) >= 11 is 0. The Hall–Kier alpha value is -4.26. The van der Waals surface area contributed by atoms with E-state index in [1.54, 1.807) is 10.7 Å². The molecule has 0 aliphatic carbocycles. The van der Waals surface area contributed by atoms with Crippen LogP contribution in [0.25, 0.3) is 17.0 Å². The number of carbonyl (C=O) groups is 1. The quantitative estimate of drug-likeness (QED) is 0.450. The van der Waals surface area contributed by atoms with Crippen LogP contribution in [-0.4, -0.2) is 26.0 Å². The third kappa shape index (κ3) is 3.29. The summed E-state index contributed by atoms with van der Waals surface area (Å²) in [5.74, 6) is 0.411. The molecule has 164 valence electrons. The molecule has 2 aromatic heterocycles. The number of fused-ring (bicyclic) bond motifs is 1. The van der Waals surface area contributed by atoms with Crippen LogP contribution in [0, 0.1) is 20.8 Å². The topological polar surface area (TPSA) is 72.5 Å². The molecule has 0 unspecified atom stereocenters. The molecule has 0 fully saturated rings. The summed E-state index contributed by atoms with van der Waals surface area (Å²) in [5.41, 5.74) is 4.98. The third-order valence-electron chi connectivity index (χ3n) is 5.91. The zero-order valence-corrected chi connectivity index (χ0v) is 18.9. The summed E-state index contributed by atoms with van der Waals surface area (Å²) in [6.07, 6.45) is 1.85. The van der Waals surface area contributed by atoms with Crippen LogP contribution >= 0.6 is 0 Å². The maximum atomic E-state index is 13.3. The Morgan fingerprint density at radius 3 is 2.30 bits per heavy atom. The predicted molar refractivity (Wildman–Crippen MR) is 130 cm³/mol. The van der Waals surface area contributed by atoms with Crippen molar-refractivity contribution in [2.45, 2.75) is 27.7 Å². The van der Waals surface area contributed by atoms with Gasteiger partial charge in [0.1, 0.15) is 5.82 Å². The van der Waals surface area contributed by atoms with E-state index in [0.717, 1.165) is 22.6 Å². The highest BCUT2D eigenvalue weighted by atomic mass is 16.2. The Morgan fingerprint density at radius 1 is 0.848 bits per heavy atom. The second-order valence-electron chi connectivity index (χ2n) is 8.13. The second kappa shape index (κ2) is 7.70. The molecular weight excluding hydrogens is 414 g/mol. The maximum absolute atomic E-state index is 13.3. The average molecular weight is 438 g/mol. The van der Waals surface area contributed by atoms with Crippen molar-refractivity contribution in [3.63, 3.8) is 0 Å². The highest BCUT2D eigenvalue weighted by molar-refractivity contribution is 6.32. The number of hydrazone groups is 1. The Morgan fingerprint density at radius 2 is 1.55 bits per heavy atom. The van der Waals surface area contributed by atoms with Gasteiger partial charge in [0.2, 0.25) is 0 Å². The molecule has 1 aliphatic heterocycles. The fourth-order valence-electron chi connectivity index (χ4n) is 4.29. The van der Waals surface area contributed by atoms with Crippen LogP contribution < -0.4 is 10.6 Å². The van der Waals surface area contributed by atoms with Gasteiger partial charge >= 0.3 is 0 Å². The first-order valence-corrected chi connectivity index (χ1v) is 10.7. The molecule has 4 aromatic rings. The van der Waals surface area contributed by atoms with Gasteiger partial charge in [-0.15, -0.1) is 0 Å². The molecule has 33 heavy (non-hydrogen) atoms. The van der Waals surface area contributed by atoms with E-state index in [1.807, 2.05) is 93.0 Å². The smallest absolute Gasteiger partial charge is 0.267 e. The van der Waals surface area contributed by atoms with E-state index in [4.69, 9.17) is 0 Å². The van der Waals surface area contributed by atoms with Gasteiger partial charge in [-0.2, -0.15) is 14.8 Å². The minimum atomic E-state index is -0.177. The highest BCUT2D eigenvalue weighted by Gasteiger charge is 2.29. The predicted octanol–water partition coefficient (Wildman–Crippen LogP) is 4.24. The Bertz CT molecular complexity index is 1540. The van der Waals surface area contributed by atoms with E-state index < -0.39 is 0 Å². The summed E-state index contributed by atoms with van der Waals surface area (Å²) in [5, 5.41) is 6.43. The molecule has 0 saturated heterocycles. The number of benzene rings is 2. The van der Waals surface area contributed by atoms with Gasteiger partial charge in [-0.3, -0.25) is 14.3 Å². The lowest BCUT2D eigenvalue weighted by Crippen LogP contribution is -2.30. The number of anilines is 1. The second-order valence-corrected chi connectivity index (χ2v) is 8.13. The van der Waals surface area contributed by atoms with Crippen molar-refractivity contribution in [3.05, 3.63) is 99.4 Å². The first kappa shape index (κ1) is 20.6. The van der Waals surface area contributed by atoms with Crippen LogP contribution in [0.1, 0.15) is 29.7 Å². The van der Waals surface area contributed by atoms with Crippen molar-refractivity contribution in [2.75, 3.05) is 5.01 Å². The van der Waals surface area contributed by atoms with Gasteiger partial charge in [0.05, 0.1) is 27.9 Å². The monoisotopic (exact) mass is 437 g/mol. The van der Waals surface area contributed by atoms with Crippen LogP contribution in [0.15, 0.2) is 76.1 Å². The van der Waals surface area contributed by atoms with E-state index >= 15 is 0 Å². The van der Waals surface area contributed by atoms with Gasteiger partial charge in [-0.05, 0) is 69.7 Å². The molecule has 7 heteroatoms. The number of carbonyl (C=O) groups excluding carboxylic acids is 1. The van der Waals surface area contributed by atoms with Gasteiger partial charge in [-0.25, -0.2) is 4.98 Å². The molecule has 7 nitrogen and oxygen atoms in total. The first-order chi connectivity index (χ1) is 15.9. The lowest BCUT2D eigenvalue weighted by molar-refractivity contribution is -0.114. The number of aromatic nitrogens is 3. The van der Waals surface area contributed by atoms with Gasteiger partial charge in [0, 0.05) is 11.4 Å². The molecule has 0 atom stereocenters. The molecule has 3 heterocycles. The van der Waals surface area contributed by atoms with Gasteiger partial charge < -0.3 is 0 Å². The van der Waals surface area contributed by atoms with Gasteiger partial charge in [0.25, 0.3) is 11.5 Å². The minimum Gasteiger partial charge on any atom is -0.267 e. The van der Waals surface area contributed by atoms with E-state index in [-0.39, 0.29) is 11.5 Å². The normalized spacial score (nSPS) is 15.0. The summed E-state index contributed by atoms with van der Waals surface area (Å²) in [4.78, 5) is 31.1. The molecule has 0 bridgehead atoms. The summed E-state index contributed by atoms with van der Waals surface area (Å²) in [7, 11) is 0. The van der Waals surface area contributed by atoms with Crippen molar-refractivity contribution in [1.29, 1.82) is 0 Å². The number of rotatable bonds is 3. The summed E-state index contributed by atoms with van der Waals surface area (Å²) in [6.45, 7) is 7.51. The molecule has 0 radical (unpaired) electrons. The van der Waals surface area contributed by atoms with Crippen LogP contribution in [0.5, 0.6) is 0 Å². The van der Waals surface area contributed by atoms with E-state index in [2.05, 4.69) is 10.1 Å². The van der Waals surface area contributed by atoms with Gasteiger partial charge in [-0.1, -0.05) is 30.3 Å². The minimum absolute atomic E-state index is 0.135. The Kier molecular flexibility index (Phi) is 4.82. The molecule has 0 N–H and O–H groups in total. The van der Waals surface area contributed by atoms with Crippen molar-refractivity contribution in [1.82, 2.24) is 14.3 Å². The fraction of sp³-hybridized carbons (Fsp3) is 0.154. The number of amides is 1. The number of nitrogens with zero attached hydrogens (tertiary/aromatic N) is 5. The molecular formula is C26H23N5O2. The van der Waals surface area contributed by atoms with E-state index in [1.165, 1.54) is 5.01 Å². The lowest BCUT2D eigenvalue weighted by Gasteiger charge is -2.16. The zero-order valence-electron chi connectivity index (χ0n) is 18.9. The average Bonchev–Trinajstić information content (AvgIpc) is 3.24. The standard InChI is InChI=1S/C26H23N5O2/c1-16-14-20(15-23-17(2)28-29(25(23)32)21-10-6-5-7-11-21)18(3)30(16)31-19(4)27-24-13-9-8-12-22(24)26(31)33/h5-15H,1-4H3.